The molecule has 9 heteroatoms. The van der Waals surface area contributed by atoms with E-state index < -0.39 is 49.5 Å². The van der Waals surface area contributed by atoms with E-state index >= 15 is 0 Å². The molecule has 0 aromatic carbocycles. The molecule has 1 amide bonds. The molecule has 1 heterocycles. The Labute approximate surface area is 312 Å². The van der Waals surface area contributed by atoms with E-state index in [4.69, 9.17) is 9.47 Å². The van der Waals surface area contributed by atoms with Crippen LogP contribution in [0.3, 0.4) is 0 Å². The van der Waals surface area contributed by atoms with Gasteiger partial charge in [-0.15, -0.1) is 0 Å². The lowest BCUT2D eigenvalue weighted by Gasteiger charge is -2.40. The van der Waals surface area contributed by atoms with E-state index in [-0.39, 0.29) is 12.5 Å². The Morgan fingerprint density at radius 1 is 0.647 bits per heavy atom. The van der Waals surface area contributed by atoms with Gasteiger partial charge >= 0.3 is 0 Å². The minimum atomic E-state index is -1.56. The summed E-state index contributed by atoms with van der Waals surface area (Å²) >= 11 is 0. The van der Waals surface area contributed by atoms with Crippen LogP contribution in [0.15, 0.2) is 12.2 Å². The second-order valence-corrected chi connectivity index (χ2v) is 15.1. The lowest BCUT2D eigenvalue weighted by atomic mass is 9.99. The predicted molar refractivity (Wildman–Crippen MR) is 207 cm³/mol. The Kier molecular flexibility index (Phi) is 31.5. The number of rotatable bonds is 35. The van der Waals surface area contributed by atoms with Crippen LogP contribution in [0.4, 0.5) is 0 Å². The number of aliphatic hydroxyl groups excluding tert-OH is 5. The van der Waals surface area contributed by atoms with Crippen molar-refractivity contribution in [2.45, 2.75) is 236 Å². The first-order valence-electron chi connectivity index (χ1n) is 21.4. The van der Waals surface area contributed by atoms with Crippen LogP contribution in [0.5, 0.6) is 0 Å². The van der Waals surface area contributed by atoms with Crippen molar-refractivity contribution in [3.05, 3.63) is 12.2 Å². The Morgan fingerprint density at radius 3 is 1.53 bits per heavy atom. The van der Waals surface area contributed by atoms with Gasteiger partial charge < -0.3 is 40.3 Å². The van der Waals surface area contributed by atoms with Crippen LogP contribution in [0.25, 0.3) is 0 Å². The normalized spacial score (nSPS) is 22.1. The van der Waals surface area contributed by atoms with E-state index in [1.165, 1.54) is 135 Å². The van der Waals surface area contributed by atoms with E-state index in [0.717, 1.165) is 38.5 Å². The van der Waals surface area contributed by atoms with Gasteiger partial charge in [-0.3, -0.25) is 4.79 Å². The second kappa shape index (κ2) is 33.5. The zero-order valence-electron chi connectivity index (χ0n) is 32.9. The summed E-state index contributed by atoms with van der Waals surface area (Å²) in [5, 5.41) is 54.0. The fourth-order valence-electron chi connectivity index (χ4n) is 6.86. The van der Waals surface area contributed by atoms with Crippen LogP contribution in [0.2, 0.25) is 0 Å². The van der Waals surface area contributed by atoms with Crippen LogP contribution in [-0.2, 0) is 14.3 Å². The fraction of sp³-hybridized carbons (Fsp3) is 0.929. The Hall–Kier alpha value is -1.07. The van der Waals surface area contributed by atoms with Crippen LogP contribution in [-0.4, -0.2) is 87.5 Å². The standard InChI is InChI=1S/C42H81NO8/c1-3-5-7-9-11-13-15-17-18-20-22-24-26-28-30-32-38(46)43-35(34-50-42-41(49)40(48)39(47)37(33-44)51-42)36(45)31-29-27-25-23-21-19-16-14-12-10-8-6-4-2/h29,31,35-37,39-42,44-45,47-49H,3-28,30,32-34H2,1-2H3,(H,43,46)/t35?,36?,37-,39+,40+,41-,42?/m1/s1. The molecular weight excluding hydrogens is 646 g/mol. The molecule has 3 unspecified atom stereocenters. The van der Waals surface area contributed by atoms with Gasteiger partial charge in [-0.25, -0.2) is 0 Å². The van der Waals surface area contributed by atoms with Crippen LogP contribution in [0, 0.1) is 0 Å². The Balaban J connectivity index is 2.39. The van der Waals surface area contributed by atoms with Gasteiger partial charge in [0.1, 0.15) is 24.4 Å². The summed E-state index contributed by atoms with van der Waals surface area (Å²) in [5.41, 5.74) is 0. The van der Waals surface area contributed by atoms with Gasteiger partial charge in [0.05, 0.1) is 25.4 Å². The van der Waals surface area contributed by atoms with E-state index in [1.54, 1.807) is 6.08 Å². The fourth-order valence-corrected chi connectivity index (χ4v) is 6.86. The maximum Gasteiger partial charge on any atom is 0.220 e. The lowest BCUT2D eigenvalue weighted by molar-refractivity contribution is -0.302. The molecule has 1 rings (SSSR count). The highest BCUT2D eigenvalue weighted by atomic mass is 16.7. The molecular formula is C42H81NO8. The number of nitrogens with one attached hydrogen (secondary N) is 1. The quantitative estimate of drug-likeness (QED) is 0.0283. The molecule has 0 aliphatic carbocycles. The molecule has 0 aromatic heterocycles. The summed E-state index contributed by atoms with van der Waals surface area (Å²) in [7, 11) is 0. The number of hydrogen-bond donors (Lipinski definition) is 6. The molecule has 1 aliphatic rings. The van der Waals surface area contributed by atoms with Crippen LogP contribution in [0.1, 0.15) is 194 Å². The number of unbranched alkanes of at least 4 members (excludes halogenated alkanes) is 25. The second-order valence-electron chi connectivity index (χ2n) is 15.1. The van der Waals surface area contributed by atoms with Gasteiger partial charge in [-0.05, 0) is 19.3 Å². The smallest absolute Gasteiger partial charge is 0.220 e. The predicted octanol–water partition coefficient (Wildman–Crippen LogP) is 8.17. The zero-order valence-corrected chi connectivity index (χ0v) is 32.9. The monoisotopic (exact) mass is 728 g/mol. The van der Waals surface area contributed by atoms with Crippen molar-refractivity contribution in [1.82, 2.24) is 5.32 Å². The van der Waals surface area contributed by atoms with Crippen molar-refractivity contribution >= 4 is 5.91 Å². The first-order valence-corrected chi connectivity index (χ1v) is 21.4. The first kappa shape index (κ1) is 48.0. The van der Waals surface area contributed by atoms with Crippen molar-refractivity contribution in [2.24, 2.45) is 0 Å². The molecule has 51 heavy (non-hydrogen) atoms. The average Bonchev–Trinajstić information content (AvgIpc) is 3.13. The third-order valence-corrected chi connectivity index (χ3v) is 10.4. The Bertz CT molecular complexity index is 812. The number of aliphatic hydroxyl groups is 5. The minimum Gasteiger partial charge on any atom is -0.394 e. The average molecular weight is 728 g/mol. The van der Waals surface area contributed by atoms with Crippen LogP contribution < -0.4 is 5.32 Å². The number of amides is 1. The summed E-state index contributed by atoms with van der Waals surface area (Å²) in [5.74, 6) is -0.176. The first-order chi connectivity index (χ1) is 24.8. The highest BCUT2D eigenvalue weighted by molar-refractivity contribution is 5.76. The van der Waals surface area contributed by atoms with Crippen molar-refractivity contribution in [2.75, 3.05) is 13.2 Å². The SMILES string of the molecule is CCCCCCCCCCCCCC=CC(O)C(COC1O[C@H](CO)[C@H](O)[C@H](O)[C@H]1O)NC(=O)CCCCCCCCCCCCCCCCC. The summed E-state index contributed by atoms with van der Waals surface area (Å²) < 4.78 is 11.2. The van der Waals surface area contributed by atoms with Gasteiger partial charge in [-0.2, -0.15) is 0 Å². The molecule has 6 N–H and O–H groups in total. The van der Waals surface area contributed by atoms with Gasteiger partial charge in [0.25, 0.3) is 0 Å². The van der Waals surface area contributed by atoms with Gasteiger partial charge in [-0.1, -0.05) is 180 Å². The number of carbonyl (C=O) groups is 1. The van der Waals surface area contributed by atoms with Crippen molar-refractivity contribution in [3.8, 4) is 0 Å². The summed E-state index contributed by atoms with van der Waals surface area (Å²) in [6.07, 6.45) is 29.6. The van der Waals surface area contributed by atoms with Crippen molar-refractivity contribution in [3.63, 3.8) is 0 Å². The molecule has 0 aromatic rings. The third-order valence-electron chi connectivity index (χ3n) is 10.4. The summed E-state index contributed by atoms with van der Waals surface area (Å²) in [6.45, 7) is 3.76. The largest absolute Gasteiger partial charge is 0.394 e. The molecule has 7 atom stereocenters. The third kappa shape index (κ3) is 24.8. The maximum absolute atomic E-state index is 12.9. The number of hydrogen-bond acceptors (Lipinski definition) is 8. The molecule has 9 nitrogen and oxygen atoms in total. The van der Waals surface area contributed by atoms with Gasteiger partial charge in [0.15, 0.2) is 6.29 Å². The number of carbonyl (C=O) groups excluding carboxylic acids is 1. The summed E-state index contributed by atoms with van der Waals surface area (Å²) in [6, 6.07) is -0.796. The topological polar surface area (TPSA) is 149 Å². The van der Waals surface area contributed by atoms with Crippen LogP contribution >= 0.6 is 0 Å². The number of allylic oxidation sites excluding steroid dienone is 1. The lowest BCUT2D eigenvalue weighted by Crippen LogP contribution is -2.60. The molecule has 1 aliphatic heterocycles. The minimum absolute atomic E-state index is 0.176. The van der Waals surface area contributed by atoms with Crippen molar-refractivity contribution < 1.29 is 39.8 Å². The molecule has 1 saturated heterocycles. The zero-order chi connectivity index (χ0) is 37.4. The maximum atomic E-state index is 12.9. The summed E-state index contributed by atoms with van der Waals surface area (Å²) in [4.78, 5) is 12.9. The van der Waals surface area contributed by atoms with Gasteiger partial charge in [0.2, 0.25) is 5.91 Å². The molecule has 302 valence electrons. The van der Waals surface area contributed by atoms with E-state index in [2.05, 4.69) is 19.2 Å². The highest BCUT2D eigenvalue weighted by Crippen LogP contribution is 2.22. The highest BCUT2D eigenvalue weighted by Gasteiger charge is 2.44. The molecule has 0 saturated carbocycles. The molecule has 1 fully saturated rings. The Morgan fingerprint density at radius 2 is 1.08 bits per heavy atom. The van der Waals surface area contributed by atoms with E-state index in [1.807, 2.05) is 6.08 Å². The van der Waals surface area contributed by atoms with E-state index in [0.29, 0.717) is 6.42 Å². The van der Waals surface area contributed by atoms with Gasteiger partial charge in [0, 0.05) is 6.42 Å². The van der Waals surface area contributed by atoms with Crippen molar-refractivity contribution in [1.29, 1.82) is 0 Å². The molecule has 0 radical (unpaired) electrons. The molecule has 0 bridgehead atoms. The molecule has 0 spiro atoms. The van der Waals surface area contributed by atoms with E-state index in [9.17, 15) is 30.3 Å². The number of ether oxygens (including phenoxy) is 2.